The van der Waals surface area contributed by atoms with Crippen LogP contribution < -0.4 is 16.3 Å². The van der Waals surface area contributed by atoms with Crippen molar-refractivity contribution in [1.29, 1.82) is 0 Å². The molecule has 1 aliphatic carbocycles. The number of rotatable bonds is 6. The van der Waals surface area contributed by atoms with E-state index >= 15 is 0 Å². The van der Waals surface area contributed by atoms with Gasteiger partial charge in [-0.25, -0.2) is 19.2 Å². The third-order valence-corrected chi connectivity index (χ3v) is 6.50. The van der Waals surface area contributed by atoms with Crippen molar-refractivity contribution in [3.63, 3.8) is 0 Å². The molecule has 2 aliphatic rings. The van der Waals surface area contributed by atoms with E-state index in [1.807, 2.05) is 19.2 Å². The molecule has 1 aliphatic heterocycles. The summed E-state index contributed by atoms with van der Waals surface area (Å²) in [5.41, 5.74) is 2.80. The second-order valence-corrected chi connectivity index (χ2v) is 8.62. The van der Waals surface area contributed by atoms with Gasteiger partial charge in [0.1, 0.15) is 5.82 Å². The second kappa shape index (κ2) is 9.58. The van der Waals surface area contributed by atoms with Crippen molar-refractivity contribution in [2.45, 2.75) is 44.7 Å². The first-order chi connectivity index (χ1) is 16.4. The molecule has 2 aromatic heterocycles. The highest BCUT2D eigenvalue weighted by Crippen LogP contribution is 2.33. The lowest BCUT2D eigenvalue weighted by Gasteiger charge is -2.24. The molecule has 4 rings (SSSR count). The summed E-state index contributed by atoms with van der Waals surface area (Å²) in [6.07, 6.45) is 11.6. The molecular weight excluding hydrogens is 434 g/mol. The number of ether oxygens (including phenoxy) is 1. The van der Waals surface area contributed by atoms with Crippen LogP contribution in [0.4, 0.5) is 11.5 Å². The topological polar surface area (TPSA) is 105 Å². The SMILES string of the molecule is C=CC(=O)N(C)C1CCC(n2cc(NC3=CCC(C)=CN=C3OC)c3ncc(NC)n3c2=O)C1. The van der Waals surface area contributed by atoms with Crippen molar-refractivity contribution in [3.8, 4) is 0 Å². The summed E-state index contributed by atoms with van der Waals surface area (Å²) in [5, 5.41) is 6.45. The van der Waals surface area contributed by atoms with Crippen molar-refractivity contribution >= 4 is 29.0 Å². The number of aliphatic imine (C=N–C) groups is 1. The molecule has 2 atom stereocenters. The molecule has 2 aromatic rings. The van der Waals surface area contributed by atoms with Crippen molar-refractivity contribution in [3.05, 3.63) is 59.1 Å². The minimum absolute atomic E-state index is 0.0481. The van der Waals surface area contributed by atoms with Gasteiger partial charge in [-0.2, -0.15) is 0 Å². The molecular formula is C24H31N7O3. The van der Waals surface area contributed by atoms with Crippen LogP contribution in [0.25, 0.3) is 5.65 Å². The monoisotopic (exact) mass is 465 g/mol. The van der Waals surface area contributed by atoms with Gasteiger partial charge in [-0.05, 0) is 38.7 Å². The Labute approximate surface area is 198 Å². The number of amides is 1. The summed E-state index contributed by atoms with van der Waals surface area (Å²) in [4.78, 5) is 36.2. The van der Waals surface area contributed by atoms with Crippen LogP contribution in [0.1, 0.15) is 38.6 Å². The highest BCUT2D eigenvalue weighted by molar-refractivity contribution is 5.98. The van der Waals surface area contributed by atoms with E-state index in [-0.39, 0.29) is 23.7 Å². The van der Waals surface area contributed by atoms with E-state index in [2.05, 4.69) is 27.2 Å². The summed E-state index contributed by atoms with van der Waals surface area (Å²) >= 11 is 0. The first-order valence-electron chi connectivity index (χ1n) is 11.3. The summed E-state index contributed by atoms with van der Waals surface area (Å²) in [7, 11) is 5.12. The molecule has 0 aromatic carbocycles. The lowest BCUT2D eigenvalue weighted by atomic mass is 10.2. The molecule has 3 heterocycles. The van der Waals surface area contributed by atoms with E-state index in [0.29, 0.717) is 35.2 Å². The van der Waals surface area contributed by atoms with Gasteiger partial charge in [0.25, 0.3) is 0 Å². The number of anilines is 2. The van der Waals surface area contributed by atoms with Crippen LogP contribution in [-0.2, 0) is 9.53 Å². The van der Waals surface area contributed by atoms with E-state index < -0.39 is 0 Å². The standard InChI is InChI=1S/C24H31N7O3/c1-6-21(32)29(4)16-8-9-17(11-16)30-14-19(22-26-13-20(25-3)31(22)24(30)33)28-18-10-7-15(2)12-27-23(18)34-5/h6,10,12-14,16-17,25,28H,1,7-9,11H2,2-5H3. The van der Waals surface area contributed by atoms with Gasteiger partial charge in [0.05, 0.1) is 24.7 Å². The number of nitrogens with one attached hydrogen (secondary N) is 2. The molecule has 2 N–H and O–H groups in total. The molecule has 0 radical (unpaired) electrons. The molecule has 0 spiro atoms. The number of aromatic nitrogens is 3. The highest BCUT2D eigenvalue weighted by Gasteiger charge is 2.32. The van der Waals surface area contributed by atoms with Gasteiger partial charge >= 0.3 is 5.69 Å². The number of methoxy groups -OCH3 is 1. The lowest BCUT2D eigenvalue weighted by Crippen LogP contribution is -2.35. The predicted molar refractivity (Wildman–Crippen MR) is 133 cm³/mol. The van der Waals surface area contributed by atoms with Gasteiger partial charge in [-0.1, -0.05) is 18.2 Å². The van der Waals surface area contributed by atoms with E-state index in [0.717, 1.165) is 24.8 Å². The van der Waals surface area contributed by atoms with Crippen molar-refractivity contribution < 1.29 is 9.53 Å². The van der Waals surface area contributed by atoms with Gasteiger partial charge < -0.3 is 20.3 Å². The molecule has 0 saturated heterocycles. The zero-order chi connectivity index (χ0) is 24.4. The number of hydrogen-bond donors (Lipinski definition) is 2. The van der Waals surface area contributed by atoms with Crippen LogP contribution in [0, 0.1) is 0 Å². The van der Waals surface area contributed by atoms with Crippen molar-refractivity contribution in [1.82, 2.24) is 18.9 Å². The zero-order valence-corrected chi connectivity index (χ0v) is 20.0. The van der Waals surface area contributed by atoms with Crippen LogP contribution >= 0.6 is 0 Å². The third kappa shape index (κ3) is 4.23. The summed E-state index contributed by atoms with van der Waals surface area (Å²) in [5.74, 6) is 0.941. The predicted octanol–water partition coefficient (Wildman–Crippen LogP) is 2.92. The third-order valence-electron chi connectivity index (χ3n) is 6.50. The fourth-order valence-electron chi connectivity index (χ4n) is 4.55. The fraction of sp³-hybridized carbons (Fsp3) is 0.417. The Morgan fingerprint density at radius 1 is 1.38 bits per heavy atom. The number of likely N-dealkylation sites (N-methyl/N-ethyl adjacent to an activating group) is 1. The number of allylic oxidation sites excluding steroid dienone is 2. The highest BCUT2D eigenvalue weighted by atomic mass is 16.5. The number of carbonyl (C=O) groups excluding carboxylic acids is 1. The van der Waals surface area contributed by atoms with E-state index in [1.54, 1.807) is 47.5 Å². The lowest BCUT2D eigenvalue weighted by molar-refractivity contribution is -0.126. The van der Waals surface area contributed by atoms with Crippen LogP contribution in [0.15, 0.2) is 58.4 Å². The van der Waals surface area contributed by atoms with Crippen LogP contribution in [0.5, 0.6) is 0 Å². The maximum absolute atomic E-state index is 13.5. The Bertz CT molecular complexity index is 1270. The van der Waals surface area contributed by atoms with Crippen LogP contribution in [-0.4, -0.2) is 57.9 Å². The average Bonchev–Trinajstić information content (AvgIpc) is 3.47. The van der Waals surface area contributed by atoms with Gasteiger partial charge in [-0.3, -0.25) is 9.36 Å². The normalized spacial score (nSPS) is 20.2. The Morgan fingerprint density at radius 3 is 2.88 bits per heavy atom. The smallest absolute Gasteiger partial charge is 0.335 e. The van der Waals surface area contributed by atoms with Gasteiger partial charge in [0, 0.05) is 38.6 Å². The fourth-order valence-corrected chi connectivity index (χ4v) is 4.55. The Kier molecular flexibility index (Phi) is 6.58. The number of nitrogens with zero attached hydrogens (tertiary/aromatic N) is 5. The summed E-state index contributed by atoms with van der Waals surface area (Å²) in [6.45, 7) is 5.59. The van der Waals surface area contributed by atoms with Crippen LogP contribution in [0.3, 0.4) is 0 Å². The van der Waals surface area contributed by atoms with Crippen molar-refractivity contribution in [2.24, 2.45) is 4.99 Å². The number of carbonyl (C=O) groups is 1. The van der Waals surface area contributed by atoms with Crippen LogP contribution in [0.2, 0.25) is 0 Å². The van der Waals surface area contributed by atoms with Gasteiger partial charge in [0.15, 0.2) is 5.65 Å². The summed E-state index contributed by atoms with van der Waals surface area (Å²) in [6, 6.07) is -0.0101. The number of imidazole rings is 1. The molecule has 10 heteroatoms. The Balaban J connectivity index is 1.75. The van der Waals surface area contributed by atoms with Gasteiger partial charge in [-0.15, -0.1) is 0 Å². The maximum Gasteiger partial charge on any atom is 0.335 e. The largest absolute Gasteiger partial charge is 0.480 e. The molecule has 0 bridgehead atoms. The van der Waals surface area contributed by atoms with Gasteiger partial charge in [0.2, 0.25) is 11.8 Å². The van der Waals surface area contributed by atoms with E-state index in [1.165, 1.54) is 6.08 Å². The number of hydrogen-bond acceptors (Lipinski definition) is 7. The quantitative estimate of drug-likeness (QED) is 0.636. The molecule has 1 fully saturated rings. The average molecular weight is 466 g/mol. The zero-order valence-electron chi connectivity index (χ0n) is 20.0. The van der Waals surface area contributed by atoms with E-state index in [4.69, 9.17) is 4.74 Å². The molecule has 1 saturated carbocycles. The summed E-state index contributed by atoms with van der Waals surface area (Å²) < 4.78 is 8.80. The molecule has 10 nitrogen and oxygen atoms in total. The molecule has 2 unspecified atom stereocenters. The number of fused-ring (bicyclic) bond motifs is 1. The minimum atomic E-state index is -0.182. The molecule has 180 valence electrons. The molecule has 34 heavy (non-hydrogen) atoms. The second-order valence-electron chi connectivity index (χ2n) is 8.62. The first kappa shape index (κ1) is 23.3. The minimum Gasteiger partial charge on any atom is -0.480 e. The first-order valence-corrected chi connectivity index (χ1v) is 11.3. The molecule has 1 amide bonds. The Morgan fingerprint density at radius 2 is 2.18 bits per heavy atom. The Hall–Kier alpha value is -3.82. The van der Waals surface area contributed by atoms with E-state index in [9.17, 15) is 9.59 Å². The van der Waals surface area contributed by atoms with Crippen molar-refractivity contribution in [2.75, 3.05) is 31.8 Å². The maximum atomic E-state index is 13.5.